The first-order valence-corrected chi connectivity index (χ1v) is 6.19. The van der Waals surface area contributed by atoms with E-state index in [4.69, 9.17) is 10.5 Å². The summed E-state index contributed by atoms with van der Waals surface area (Å²) in [7, 11) is 0. The molecule has 0 amide bonds. The predicted molar refractivity (Wildman–Crippen MR) is 76.8 cm³/mol. The average molecular weight is 241 g/mol. The van der Waals surface area contributed by atoms with Crippen LogP contribution < -0.4 is 10.5 Å². The first-order valence-electron chi connectivity index (χ1n) is 6.19. The van der Waals surface area contributed by atoms with Crippen LogP contribution in [0.4, 0.5) is 5.69 Å². The van der Waals surface area contributed by atoms with Crippen LogP contribution in [0.15, 0.2) is 42.5 Å². The van der Waals surface area contributed by atoms with Gasteiger partial charge < -0.3 is 10.5 Å². The molecular weight excluding hydrogens is 222 g/mol. The molecule has 0 saturated carbocycles. The van der Waals surface area contributed by atoms with E-state index in [0.717, 1.165) is 28.1 Å². The lowest BCUT2D eigenvalue weighted by molar-refractivity contribution is 0.242. The maximum absolute atomic E-state index is 5.84. The third-order valence-corrected chi connectivity index (χ3v) is 2.81. The van der Waals surface area contributed by atoms with Crippen LogP contribution in [0.3, 0.4) is 0 Å². The molecule has 2 heteroatoms. The van der Waals surface area contributed by atoms with Gasteiger partial charge in [0.1, 0.15) is 5.75 Å². The van der Waals surface area contributed by atoms with Gasteiger partial charge in [-0.25, -0.2) is 0 Å². The van der Waals surface area contributed by atoms with E-state index in [1.807, 2.05) is 45.0 Å². The molecule has 0 aliphatic heterocycles. The van der Waals surface area contributed by atoms with E-state index in [0.29, 0.717) is 0 Å². The highest BCUT2D eigenvalue weighted by Gasteiger charge is 2.03. The molecule has 0 radical (unpaired) electrons. The minimum atomic E-state index is 0.188. The second-order valence-electron chi connectivity index (χ2n) is 4.77. The van der Waals surface area contributed by atoms with Crippen LogP contribution >= 0.6 is 0 Å². The van der Waals surface area contributed by atoms with Gasteiger partial charge in [0.15, 0.2) is 0 Å². The van der Waals surface area contributed by atoms with E-state index in [1.165, 1.54) is 0 Å². The monoisotopic (exact) mass is 241 g/mol. The highest BCUT2D eigenvalue weighted by molar-refractivity contribution is 5.68. The van der Waals surface area contributed by atoms with E-state index in [-0.39, 0.29) is 6.10 Å². The fourth-order valence-corrected chi connectivity index (χ4v) is 1.88. The van der Waals surface area contributed by atoms with Crippen molar-refractivity contribution in [1.29, 1.82) is 0 Å². The van der Waals surface area contributed by atoms with Crippen molar-refractivity contribution in [1.82, 2.24) is 0 Å². The molecule has 2 rings (SSSR count). The molecule has 0 fully saturated rings. The molecule has 0 aromatic heterocycles. The van der Waals surface area contributed by atoms with Crippen LogP contribution in [0.2, 0.25) is 0 Å². The second-order valence-corrected chi connectivity index (χ2v) is 4.77. The van der Waals surface area contributed by atoms with E-state index in [1.54, 1.807) is 0 Å². The number of ether oxygens (including phenoxy) is 1. The number of benzene rings is 2. The quantitative estimate of drug-likeness (QED) is 0.823. The van der Waals surface area contributed by atoms with Crippen LogP contribution in [-0.2, 0) is 0 Å². The van der Waals surface area contributed by atoms with E-state index >= 15 is 0 Å². The zero-order chi connectivity index (χ0) is 13.1. The second kappa shape index (κ2) is 5.13. The zero-order valence-electron chi connectivity index (χ0n) is 11.1. The number of hydrogen-bond donors (Lipinski definition) is 1. The van der Waals surface area contributed by atoms with Crippen molar-refractivity contribution < 1.29 is 4.74 Å². The summed E-state index contributed by atoms with van der Waals surface area (Å²) in [6.45, 7) is 6.08. The Morgan fingerprint density at radius 1 is 1.00 bits per heavy atom. The topological polar surface area (TPSA) is 35.2 Å². The van der Waals surface area contributed by atoms with Gasteiger partial charge in [0.05, 0.1) is 6.10 Å². The predicted octanol–water partition coefficient (Wildman–Crippen LogP) is 4.03. The molecule has 0 atom stereocenters. The van der Waals surface area contributed by atoms with Crippen molar-refractivity contribution in [3.8, 4) is 16.9 Å². The Hall–Kier alpha value is -1.96. The Morgan fingerprint density at radius 2 is 1.72 bits per heavy atom. The minimum absolute atomic E-state index is 0.188. The Balaban J connectivity index is 2.35. The summed E-state index contributed by atoms with van der Waals surface area (Å²) in [6, 6.07) is 14.2. The first-order chi connectivity index (χ1) is 8.56. The van der Waals surface area contributed by atoms with E-state index in [2.05, 4.69) is 18.2 Å². The Bertz CT molecular complexity index is 547. The summed E-state index contributed by atoms with van der Waals surface area (Å²) in [4.78, 5) is 0. The Morgan fingerprint density at radius 3 is 2.39 bits per heavy atom. The van der Waals surface area contributed by atoms with Crippen molar-refractivity contribution in [2.45, 2.75) is 26.9 Å². The highest BCUT2D eigenvalue weighted by Crippen LogP contribution is 2.26. The molecule has 94 valence electrons. The summed E-state index contributed by atoms with van der Waals surface area (Å²) in [5, 5.41) is 0. The normalized spacial score (nSPS) is 10.7. The largest absolute Gasteiger partial charge is 0.491 e. The molecular formula is C16H19NO. The van der Waals surface area contributed by atoms with Gasteiger partial charge in [0, 0.05) is 5.69 Å². The fourth-order valence-electron chi connectivity index (χ4n) is 1.88. The van der Waals surface area contributed by atoms with E-state index in [9.17, 15) is 0 Å². The fraction of sp³-hybridized carbons (Fsp3) is 0.250. The zero-order valence-corrected chi connectivity index (χ0v) is 11.1. The van der Waals surface area contributed by atoms with Gasteiger partial charge in [-0.1, -0.05) is 18.2 Å². The number of hydrogen-bond acceptors (Lipinski definition) is 2. The molecule has 2 nitrogen and oxygen atoms in total. The first kappa shape index (κ1) is 12.5. The van der Waals surface area contributed by atoms with Gasteiger partial charge in [-0.2, -0.15) is 0 Å². The van der Waals surface area contributed by atoms with Gasteiger partial charge in [0.25, 0.3) is 0 Å². The molecule has 2 N–H and O–H groups in total. The van der Waals surface area contributed by atoms with Gasteiger partial charge in [-0.15, -0.1) is 0 Å². The number of anilines is 1. The van der Waals surface area contributed by atoms with Gasteiger partial charge >= 0.3 is 0 Å². The maximum Gasteiger partial charge on any atom is 0.120 e. The molecule has 0 saturated heterocycles. The maximum atomic E-state index is 5.84. The van der Waals surface area contributed by atoms with Crippen LogP contribution in [0.5, 0.6) is 5.75 Å². The van der Waals surface area contributed by atoms with Gasteiger partial charge in [-0.05, 0) is 61.7 Å². The standard InChI is InChI=1S/C16H19NO/c1-11(2)18-15-6-4-5-13(10-15)14-7-8-16(17)12(3)9-14/h4-11H,17H2,1-3H3. The van der Waals surface area contributed by atoms with Crippen molar-refractivity contribution in [2.75, 3.05) is 5.73 Å². The Labute approximate surface area is 108 Å². The molecule has 0 heterocycles. The van der Waals surface area contributed by atoms with Gasteiger partial charge in [0.2, 0.25) is 0 Å². The lowest BCUT2D eigenvalue weighted by atomic mass is 10.0. The summed E-state index contributed by atoms with van der Waals surface area (Å²) in [5.41, 5.74) is 10.1. The molecule has 2 aromatic carbocycles. The molecule has 18 heavy (non-hydrogen) atoms. The minimum Gasteiger partial charge on any atom is -0.491 e. The summed E-state index contributed by atoms with van der Waals surface area (Å²) in [6.07, 6.45) is 0.188. The molecule has 0 aliphatic carbocycles. The van der Waals surface area contributed by atoms with E-state index < -0.39 is 0 Å². The van der Waals surface area contributed by atoms with Crippen LogP contribution in [0.25, 0.3) is 11.1 Å². The molecule has 0 aliphatic rings. The van der Waals surface area contributed by atoms with Crippen LogP contribution in [0.1, 0.15) is 19.4 Å². The van der Waals surface area contributed by atoms with Crippen molar-refractivity contribution in [3.05, 3.63) is 48.0 Å². The van der Waals surface area contributed by atoms with Crippen LogP contribution in [0, 0.1) is 6.92 Å². The SMILES string of the molecule is Cc1cc(-c2cccc(OC(C)C)c2)ccc1N. The van der Waals surface area contributed by atoms with Crippen molar-refractivity contribution >= 4 is 5.69 Å². The number of rotatable bonds is 3. The number of nitrogens with two attached hydrogens (primary N) is 1. The molecule has 2 aromatic rings. The number of nitrogen functional groups attached to an aromatic ring is 1. The van der Waals surface area contributed by atoms with Crippen molar-refractivity contribution in [3.63, 3.8) is 0 Å². The molecule has 0 unspecified atom stereocenters. The lowest BCUT2D eigenvalue weighted by Crippen LogP contribution is -2.05. The molecule has 0 bridgehead atoms. The van der Waals surface area contributed by atoms with Crippen LogP contribution in [-0.4, -0.2) is 6.10 Å². The third kappa shape index (κ3) is 2.83. The third-order valence-electron chi connectivity index (χ3n) is 2.81. The smallest absolute Gasteiger partial charge is 0.120 e. The highest BCUT2D eigenvalue weighted by atomic mass is 16.5. The van der Waals surface area contributed by atoms with Gasteiger partial charge in [-0.3, -0.25) is 0 Å². The van der Waals surface area contributed by atoms with Crippen molar-refractivity contribution in [2.24, 2.45) is 0 Å². The lowest BCUT2D eigenvalue weighted by Gasteiger charge is -2.11. The average Bonchev–Trinajstić information content (AvgIpc) is 2.32. The Kier molecular flexibility index (Phi) is 3.56. The summed E-state index contributed by atoms with van der Waals surface area (Å²) < 4.78 is 5.71. The number of aryl methyl sites for hydroxylation is 1. The molecule has 0 spiro atoms. The summed E-state index contributed by atoms with van der Waals surface area (Å²) in [5.74, 6) is 0.900. The summed E-state index contributed by atoms with van der Waals surface area (Å²) >= 11 is 0.